The minimum absolute atomic E-state index is 0.344. The van der Waals surface area contributed by atoms with Crippen LogP contribution in [0.5, 0.6) is 5.75 Å². The van der Waals surface area contributed by atoms with E-state index in [-0.39, 0.29) is 11.6 Å². The molecule has 4 rings (SSSR count). The maximum absolute atomic E-state index is 12.1. The van der Waals surface area contributed by atoms with E-state index in [9.17, 15) is 9.59 Å². The molecule has 28 heavy (non-hydrogen) atoms. The molecule has 6 heteroatoms. The monoisotopic (exact) mass is 379 g/mol. The molecule has 6 nitrogen and oxygen atoms in total. The molecule has 0 amide bonds. The van der Waals surface area contributed by atoms with Gasteiger partial charge in [0.2, 0.25) is 0 Å². The highest BCUT2D eigenvalue weighted by atomic mass is 16.5. The SMILES string of the molecule is CCCc1cc(=O)oc2c3c(ccc12)OCN(c1ccc(C(=O)OC)cc1)C3. The number of hydrogen-bond donors (Lipinski definition) is 0. The number of ether oxygens (including phenoxy) is 2. The Bertz CT molecular complexity index is 1080. The van der Waals surface area contributed by atoms with E-state index >= 15 is 0 Å². The normalized spacial score (nSPS) is 13.1. The van der Waals surface area contributed by atoms with Crippen molar-refractivity contribution < 1.29 is 18.7 Å². The number of carbonyl (C=O) groups excluding carboxylic acids is 1. The van der Waals surface area contributed by atoms with Crippen LogP contribution < -0.4 is 15.3 Å². The van der Waals surface area contributed by atoms with Crippen LogP contribution in [0.4, 0.5) is 5.69 Å². The molecule has 0 saturated carbocycles. The second-order valence-electron chi connectivity index (χ2n) is 6.77. The van der Waals surface area contributed by atoms with E-state index in [4.69, 9.17) is 13.9 Å². The molecule has 0 atom stereocenters. The molecule has 2 aromatic carbocycles. The van der Waals surface area contributed by atoms with Gasteiger partial charge < -0.3 is 18.8 Å². The van der Waals surface area contributed by atoms with Gasteiger partial charge >= 0.3 is 11.6 Å². The summed E-state index contributed by atoms with van der Waals surface area (Å²) in [4.78, 5) is 25.7. The molecule has 144 valence electrons. The summed E-state index contributed by atoms with van der Waals surface area (Å²) in [6.45, 7) is 3.00. The van der Waals surface area contributed by atoms with Gasteiger partial charge in [0, 0.05) is 17.1 Å². The second-order valence-corrected chi connectivity index (χ2v) is 6.77. The van der Waals surface area contributed by atoms with Gasteiger partial charge in [-0.05, 0) is 48.4 Å². The highest BCUT2D eigenvalue weighted by Crippen LogP contribution is 2.35. The molecule has 1 aromatic heterocycles. The molecule has 0 N–H and O–H groups in total. The molecule has 0 bridgehead atoms. The van der Waals surface area contributed by atoms with Crippen LogP contribution in [0.2, 0.25) is 0 Å². The molecule has 0 radical (unpaired) electrons. The lowest BCUT2D eigenvalue weighted by Gasteiger charge is -2.31. The molecule has 0 spiro atoms. The van der Waals surface area contributed by atoms with Crippen molar-refractivity contribution in [3.8, 4) is 5.75 Å². The molecule has 1 aliphatic rings. The van der Waals surface area contributed by atoms with Crippen molar-refractivity contribution in [2.75, 3.05) is 18.7 Å². The fourth-order valence-corrected chi connectivity index (χ4v) is 3.57. The van der Waals surface area contributed by atoms with E-state index in [0.717, 1.165) is 40.8 Å². The molecule has 0 saturated heterocycles. The Hall–Kier alpha value is -3.28. The van der Waals surface area contributed by atoms with E-state index in [1.165, 1.54) is 7.11 Å². The largest absolute Gasteiger partial charge is 0.473 e. The predicted octanol–water partition coefficient (Wildman–Crippen LogP) is 3.89. The van der Waals surface area contributed by atoms with E-state index in [1.807, 2.05) is 29.2 Å². The Balaban J connectivity index is 1.72. The van der Waals surface area contributed by atoms with Crippen LogP contribution in [0.3, 0.4) is 0 Å². The number of aryl methyl sites for hydroxylation is 1. The molecular weight excluding hydrogens is 358 g/mol. The first-order valence-electron chi connectivity index (χ1n) is 9.25. The maximum Gasteiger partial charge on any atom is 0.337 e. The first-order chi connectivity index (χ1) is 13.6. The topological polar surface area (TPSA) is 69.0 Å². The average molecular weight is 379 g/mol. The van der Waals surface area contributed by atoms with Gasteiger partial charge in [-0.1, -0.05) is 13.3 Å². The second kappa shape index (κ2) is 7.38. The van der Waals surface area contributed by atoms with Crippen molar-refractivity contribution >= 4 is 22.6 Å². The van der Waals surface area contributed by atoms with Gasteiger partial charge in [0.05, 0.1) is 24.8 Å². The van der Waals surface area contributed by atoms with Gasteiger partial charge in [0.25, 0.3) is 0 Å². The molecular formula is C22H21NO5. The van der Waals surface area contributed by atoms with E-state index < -0.39 is 0 Å². The van der Waals surface area contributed by atoms with Crippen molar-refractivity contribution in [2.45, 2.75) is 26.3 Å². The maximum atomic E-state index is 12.1. The zero-order chi connectivity index (χ0) is 19.7. The lowest BCUT2D eigenvalue weighted by atomic mass is 10.0. The van der Waals surface area contributed by atoms with Gasteiger partial charge in [0.15, 0.2) is 6.73 Å². The molecule has 0 fully saturated rings. The molecule has 3 aromatic rings. The molecule has 1 aliphatic heterocycles. The number of hydrogen-bond acceptors (Lipinski definition) is 6. The van der Waals surface area contributed by atoms with Gasteiger partial charge in [-0.2, -0.15) is 0 Å². The smallest absolute Gasteiger partial charge is 0.337 e. The van der Waals surface area contributed by atoms with Crippen LogP contribution in [0.25, 0.3) is 11.0 Å². The van der Waals surface area contributed by atoms with Crippen molar-refractivity contribution in [3.05, 3.63) is 69.6 Å². The Labute approximate surface area is 162 Å². The third-order valence-corrected chi connectivity index (χ3v) is 4.96. The summed E-state index contributed by atoms with van der Waals surface area (Å²) in [7, 11) is 1.36. The minimum atomic E-state index is -0.372. The third-order valence-electron chi connectivity index (χ3n) is 4.96. The van der Waals surface area contributed by atoms with Crippen LogP contribution in [0.15, 0.2) is 51.7 Å². The Morgan fingerprint density at radius 3 is 2.68 bits per heavy atom. The van der Waals surface area contributed by atoms with E-state index in [1.54, 1.807) is 18.2 Å². The Kier molecular flexibility index (Phi) is 4.77. The van der Waals surface area contributed by atoms with Crippen molar-refractivity contribution in [2.24, 2.45) is 0 Å². The van der Waals surface area contributed by atoms with Gasteiger partial charge in [-0.25, -0.2) is 9.59 Å². The summed E-state index contributed by atoms with van der Waals surface area (Å²) in [5.74, 6) is 0.356. The number of nitrogens with zero attached hydrogens (tertiary/aromatic N) is 1. The number of anilines is 1. The lowest BCUT2D eigenvalue weighted by molar-refractivity contribution is 0.0601. The fourth-order valence-electron chi connectivity index (χ4n) is 3.57. The Morgan fingerprint density at radius 1 is 1.18 bits per heavy atom. The van der Waals surface area contributed by atoms with Crippen LogP contribution >= 0.6 is 0 Å². The van der Waals surface area contributed by atoms with Crippen LogP contribution in [-0.4, -0.2) is 19.8 Å². The molecule has 2 heterocycles. The molecule has 0 aliphatic carbocycles. The summed E-state index contributed by atoms with van der Waals surface area (Å²) < 4.78 is 16.2. The quantitative estimate of drug-likeness (QED) is 0.506. The Morgan fingerprint density at radius 2 is 1.96 bits per heavy atom. The summed E-state index contributed by atoms with van der Waals surface area (Å²) in [5.41, 5.74) is 3.49. The summed E-state index contributed by atoms with van der Waals surface area (Å²) >= 11 is 0. The van der Waals surface area contributed by atoms with Crippen molar-refractivity contribution in [1.29, 1.82) is 0 Å². The number of rotatable bonds is 4. The van der Waals surface area contributed by atoms with Gasteiger partial charge in [-0.3, -0.25) is 0 Å². The van der Waals surface area contributed by atoms with Crippen LogP contribution in [0, 0.1) is 0 Å². The first kappa shape index (κ1) is 18.1. The van der Waals surface area contributed by atoms with E-state index in [2.05, 4.69) is 6.92 Å². The minimum Gasteiger partial charge on any atom is -0.473 e. The standard InChI is InChI=1S/C22H21NO5/c1-3-4-15-11-20(24)28-21-17(15)9-10-19-18(21)12-23(13-27-19)16-7-5-14(6-8-16)22(25)26-2/h5-11H,3-4,12-13H2,1-2H3. The zero-order valence-electron chi connectivity index (χ0n) is 15.9. The van der Waals surface area contributed by atoms with Crippen LogP contribution in [0.1, 0.15) is 34.8 Å². The van der Waals surface area contributed by atoms with Crippen LogP contribution in [-0.2, 0) is 17.7 Å². The van der Waals surface area contributed by atoms with E-state index in [0.29, 0.717) is 24.4 Å². The number of benzene rings is 2. The summed E-state index contributed by atoms with van der Waals surface area (Å²) in [6, 6.07) is 12.6. The number of fused-ring (bicyclic) bond motifs is 3. The van der Waals surface area contributed by atoms with Crippen molar-refractivity contribution in [1.82, 2.24) is 0 Å². The fraction of sp³-hybridized carbons (Fsp3) is 0.273. The number of methoxy groups -OCH3 is 1. The zero-order valence-corrected chi connectivity index (χ0v) is 15.9. The predicted molar refractivity (Wildman–Crippen MR) is 106 cm³/mol. The summed E-state index contributed by atoms with van der Waals surface area (Å²) in [6.07, 6.45) is 1.77. The third kappa shape index (κ3) is 3.22. The first-order valence-corrected chi connectivity index (χ1v) is 9.25. The number of carbonyl (C=O) groups is 1. The number of esters is 1. The van der Waals surface area contributed by atoms with Gasteiger partial charge in [0.1, 0.15) is 11.3 Å². The highest BCUT2D eigenvalue weighted by Gasteiger charge is 2.23. The summed E-state index contributed by atoms with van der Waals surface area (Å²) in [5, 5.41) is 0.951. The lowest BCUT2D eigenvalue weighted by Crippen LogP contribution is -2.32. The highest BCUT2D eigenvalue weighted by molar-refractivity contribution is 5.90. The van der Waals surface area contributed by atoms with Gasteiger partial charge in [-0.15, -0.1) is 0 Å². The average Bonchev–Trinajstić information content (AvgIpc) is 2.73. The molecule has 0 unspecified atom stereocenters. The van der Waals surface area contributed by atoms with Crippen molar-refractivity contribution in [3.63, 3.8) is 0 Å².